The lowest BCUT2D eigenvalue weighted by molar-refractivity contribution is -0.191. The van der Waals surface area contributed by atoms with Crippen molar-refractivity contribution in [3.8, 4) is 0 Å². The summed E-state index contributed by atoms with van der Waals surface area (Å²) in [6.07, 6.45) is 2.13. The molecule has 0 bridgehead atoms. The molecule has 92 valence electrons. The number of carbonyl (C=O) groups is 1. The Bertz CT molecular complexity index is 535. The largest absolute Gasteiger partial charge is 0.373 e. The molecule has 4 heteroatoms. The highest BCUT2D eigenvalue weighted by Crippen LogP contribution is 2.18. The molecule has 2 rings (SSSR count). The highest BCUT2D eigenvalue weighted by Gasteiger charge is 2.21. The average molecular weight is 243 g/mol. The molecule has 0 atom stereocenters. The summed E-state index contributed by atoms with van der Waals surface area (Å²) in [4.78, 5) is 28.0. The van der Waals surface area contributed by atoms with E-state index in [1.165, 1.54) is 0 Å². The van der Waals surface area contributed by atoms with Crippen molar-refractivity contribution in [3.63, 3.8) is 0 Å². The van der Waals surface area contributed by atoms with Crippen LogP contribution in [-0.2, 0) is 14.4 Å². The molecule has 0 unspecified atom stereocenters. The first-order chi connectivity index (χ1) is 8.60. The van der Waals surface area contributed by atoms with Crippen LogP contribution in [0.5, 0.6) is 0 Å². The van der Waals surface area contributed by atoms with Gasteiger partial charge in [-0.3, -0.25) is 4.79 Å². The molecule has 0 saturated carbocycles. The Balaban J connectivity index is 0.000000492. The number of hydrogen-bond donors (Lipinski definition) is 1. The Morgan fingerprint density at radius 1 is 1.11 bits per heavy atom. The van der Waals surface area contributed by atoms with Crippen LogP contribution in [0.15, 0.2) is 47.3 Å². The summed E-state index contributed by atoms with van der Waals surface area (Å²) < 4.78 is 0. The highest BCUT2D eigenvalue weighted by atomic mass is 16.2. The van der Waals surface area contributed by atoms with E-state index in [1.54, 1.807) is 0 Å². The Morgan fingerprint density at radius 3 is 2.11 bits per heavy atom. The van der Waals surface area contributed by atoms with Crippen LogP contribution >= 0.6 is 0 Å². The molecular formula is C14H13NO3. The van der Waals surface area contributed by atoms with Crippen molar-refractivity contribution in [2.24, 2.45) is 0 Å². The van der Waals surface area contributed by atoms with E-state index in [-0.39, 0.29) is 11.9 Å². The van der Waals surface area contributed by atoms with E-state index in [1.807, 2.05) is 50.3 Å². The zero-order chi connectivity index (χ0) is 13.5. The molecule has 0 aliphatic carbocycles. The second kappa shape index (κ2) is 6.33. The molecule has 1 heterocycles. The Hall–Kier alpha value is -2.45. The molecule has 1 aliphatic heterocycles. The molecule has 1 N–H and O–H groups in total. The summed E-state index contributed by atoms with van der Waals surface area (Å²) in [5.74, 6) is 0.0938. The fourth-order valence-electron chi connectivity index (χ4n) is 1.54. The second-order valence-electron chi connectivity index (χ2n) is 3.76. The van der Waals surface area contributed by atoms with E-state index in [2.05, 4.69) is 5.32 Å². The van der Waals surface area contributed by atoms with Gasteiger partial charge in [-0.15, -0.1) is 0 Å². The summed E-state index contributed by atoms with van der Waals surface area (Å²) in [6.45, 7) is 3.76. The van der Waals surface area contributed by atoms with Gasteiger partial charge in [-0.05, 0) is 25.5 Å². The maximum absolute atomic E-state index is 11.7. The van der Waals surface area contributed by atoms with Crippen molar-refractivity contribution >= 4 is 18.0 Å². The fourth-order valence-corrected chi connectivity index (χ4v) is 1.54. The van der Waals surface area contributed by atoms with Crippen LogP contribution in [0.3, 0.4) is 0 Å². The SMILES string of the molecule is CC1=C(C)C(=O)/C(=C\c2ccccc2)N1.O=C=O. The van der Waals surface area contributed by atoms with Crippen molar-refractivity contribution in [2.45, 2.75) is 13.8 Å². The maximum Gasteiger partial charge on any atom is 0.373 e. The van der Waals surface area contributed by atoms with Crippen molar-refractivity contribution < 1.29 is 14.4 Å². The molecule has 0 spiro atoms. The minimum atomic E-state index is 0.0938. The van der Waals surface area contributed by atoms with E-state index in [0.717, 1.165) is 16.8 Å². The molecule has 0 saturated heterocycles. The lowest BCUT2D eigenvalue weighted by atomic mass is 10.1. The number of rotatable bonds is 1. The maximum atomic E-state index is 11.7. The van der Waals surface area contributed by atoms with Gasteiger partial charge in [0.15, 0.2) is 0 Å². The van der Waals surface area contributed by atoms with Crippen molar-refractivity contribution in [1.29, 1.82) is 0 Å². The molecule has 1 aromatic carbocycles. The monoisotopic (exact) mass is 243 g/mol. The van der Waals surface area contributed by atoms with Crippen molar-refractivity contribution in [3.05, 3.63) is 52.9 Å². The lowest BCUT2D eigenvalue weighted by Crippen LogP contribution is -2.07. The van der Waals surface area contributed by atoms with Gasteiger partial charge in [0.1, 0.15) is 0 Å². The smallest absolute Gasteiger partial charge is 0.356 e. The third kappa shape index (κ3) is 3.27. The van der Waals surface area contributed by atoms with Crippen LogP contribution < -0.4 is 5.32 Å². The number of ketones is 1. The topological polar surface area (TPSA) is 63.2 Å². The summed E-state index contributed by atoms with van der Waals surface area (Å²) in [5.41, 5.74) is 3.45. The van der Waals surface area contributed by atoms with Gasteiger partial charge in [0.25, 0.3) is 0 Å². The van der Waals surface area contributed by atoms with Gasteiger partial charge in [-0.1, -0.05) is 30.3 Å². The molecule has 0 radical (unpaired) electrons. The molecule has 1 aromatic rings. The van der Waals surface area contributed by atoms with Gasteiger partial charge in [0.05, 0.1) is 5.70 Å². The predicted molar refractivity (Wildman–Crippen MR) is 65.9 cm³/mol. The zero-order valence-corrected chi connectivity index (χ0v) is 10.2. The molecule has 4 nitrogen and oxygen atoms in total. The van der Waals surface area contributed by atoms with Crippen LogP contribution in [-0.4, -0.2) is 11.9 Å². The van der Waals surface area contributed by atoms with E-state index in [0.29, 0.717) is 5.70 Å². The summed E-state index contributed by atoms with van der Waals surface area (Å²) in [7, 11) is 0. The fraction of sp³-hybridized carbons (Fsp3) is 0.143. The Labute approximate surface area is 105 Å². The third-order valence-corrected chi connectivity index (χ3v) is 2.58. The van der Waals surface area contributed by atoms with Crippen molar-refractivity contribution in [2.75, 3.05) is 0 Å². The minimum absolute atomic E-state index is 0.0938. The average Bonchev–Trinajstić information content (AvgIpc) is 2.59. The normalized spacial score (nSPS) is 15.9. The second-order valence-corrected chi connectivity index (χ2v) is 3.76. The third-order valence-electron chi connectivity index (χ3n) is 2.58. The molecule has 0 aromatic heterocycles. The minimum Gasteiger partial charge on any atom is -0.356 e. The number of hydrogen-bond acceptors (Lipinski definition) is 4. The van der Waals surface area contributed by atoms with Crippen molar-refractivity contribution in [1.82, 2.24) is 5.32 Å². The first kappa shape index (κ1) is 13.6. The van der Waals surface area contributed by atoms with Crippen LogP contribution in [0.2, 0.25) is 0 Å². The lowest BCUT2D eigenvalue weighted by Gasteiger charge is -1.99. The predicted octanol–water partition coefficient (Wildman–Crippen LogP) is 1.91. The van der Waals surface area contributed by atoms with Gasteiger partial charge < -0.3 is 5.32 Å². The highest BCUT2D eigenvalue weighted by molar-refractivity contribution is 6.13. The Kier molecular flexibility index (Phi) is 4.78. The van der Waals surface area contributed by atoms with Gasteiger partial charge >= 0.3 is 6.15 Å². The number of nitrogens with one attached hydrogen (secondary N) is 1. The van der Waals surface area contributed by atoms with Crippen LogP contribution in [0.1, 0.15) is 19.4 Å². The summed E-state index contributed by atoms with van der Waals surface area (Å²) >= 11 is 0. The molecule has 0 amide bonds. The van der Waals surface area contributed by atoms with E-state index in [4.69, 9.17) is 9.59 Å². The molecule has 1 aliphatic rings. The first-order valence-electron chi connectivity index (χ1n) is 5.35. The van der Waals surface area contributed by atoms with E-state index < -0.39 is 0 Å². The van der Waals surface area contributed by atoms with Crippen LogP contribution in [0, 0.1) is 0 Å². The van der Waals surface area contributed by atoms with Gasteiger partial charge in [-0.25, -0.2) is 0 Å². The molecular weight excluding hydrogens is 230 g/mol. The van der Waals surface area contributed by atoms with E-state index in [9.17, 15) is 4.79 Å². The van der Waals surface area contributed by atoms with Crippen LogP contribution in [0.4, 0.5) is 0 Å². The van der Waals surface area contributed by atoms with Gasteiger partial charge in [-0.2, -0.15) is 9.59 Å². The van der Waals surface area contributed by atoms with Gasteiger partial charge in [0.2, 0.25) is 5.78 Å². The number of carbonyl (C=O) groups excluding carboxylic acids is 3. The standard InChI is InChI=1S/C13H13NO.CO2/c1-9-10(2)14-12(13(9)15)8-11-6-4-3-5-7-11;2-1-3/h3-8,14H,1-2H3;/b12-8+;. The number of allylic oxidation sites excluding steroid dienone is 2. The zero-order valence-electron chi connectivity index (χ0n) is 10.2. The molecule has 0 fully saturated rings. The first-order valence-corrected chi connectivity index (χ1v) is 5.35. The number of benzene rings is 1. The molecule has 18 heavy (non-hydrogen) atoms. The summed E-state index contributed by atoms with van der Waals surface area (Å²) in [5, 5.41) is 3.09. The number of Topliss-reactive ketones (excluding diaryl/α,β-unsaturated/α-hetero) is 1. The van der Waals surface area contributed by atoms with Gasteiger partial charge in [0, 0.05) is 11.3 Å². The summed E-state index contributed by atoms with van der Waals surface area (Å²) in [6, 6.07) is 9.83. The quantitative estimate of drug-likeness (QED) is 0.765. The Morgan fingerprint density at radius 2 is 1.67 bits per heavy atom. The van der Waals surface area contributed by atoms with Crippen LogP contribution in [0.25, 0.3) is 6.08 Å². The van der Waals surface area contributed by atoms with E-state index >= 15 is 0 Å².